The molecule has 0 bridgehead atoms. The van der Waals surface area contributed by atoms with E-state index >= 15 is 0 Å². The predicted molar refractivity (Wildman–Crippen MR) is 64.5 cm³/mol. The second kappa shape index (κ2) is 5.02. The lowest BCUT2D eigenvalue weighted by Crippen LogP contribution is -2.51. The zero-order valence-corrected chi connectivity index (χ0v) is 10.2. The van der Waals surface area contributed by atoms with Gasteiger partial charge in [-0.05, 0) is 6.92 Å². The molecular weight excluding hydrogens is 238 g/mol. The molecule has 0 spiro atoms. The minimum absolute atomic E-state index is 0.239. The van der Waals surface area contributed by atoms with Crippen molar-refractivity contribution in [3.8, 4) is 0 Å². The topological polar surface area (TPSA) is 32.3 Å². The third kappa shape index (κ3) is 2.51. The first-order valence-electron chi connectivity index (χ1n) is 5.97. The number of amides is 1. The van der Waals surface area contributed by atoms with Crippen LogP contribution in [0.4, 0.5) is 8.78 Å². The Morgan fingerprint density at radius 1 is 1.22 bits per heavy atom. The van der Waals surface area contributed by atoms with Gasteiger partial charge in [-0.3, -0.25) is 4.79 Å². The van der Waals surface area contributed by atoms with Crippen molar-refractivity contribution in [2.75, 3.05) is 26.2 Å². The lowest BCUT2D eigenvalue weighted by molar-refractivity contribution is -0.159. The number of carbonyl (C=O) groups excluding carboxylic acids is 1. The number of nitrogens with zero attached hydrogens (tertiary/aromatic N) is 1. The molecule has 1 N–H and O–H groups in total. The maximum absolute atomic E-state index is 14.1. The Kier molecular flexibility index (Phi) is 3.61. The van der Waals surface area contributed by atoms with E-state index in [1.807, 2.05) is 6.92 Å². The van der Waals surface area contributed by atoms with Crippen LogP contribution in [0.15, 0.2) is 24.3 Å². The summed E-state index contributed by atoms with van der Waals surface area (Å²) in [4.78, 5) is 13.1. The van der Waals surface area contributed by atoms with Gasteiger partial charge in [0.2, 0.25) is 0 Å². The fourth-order valence-corrected chi connectivity index (χ4v) is 1.95. The summed E-state index contributed by atoms with van der Waals surface area (Å²) in [5.74, 6) is -4.54. The summed E-state index contributed by atoms with van der Waals surface area (Å²) in [6.07, 6.45) is 0. The molecule has 1 fully saturated rings. The maximum Gasteiger partial charge on any atom is 0.349 e. The molecule has 1 aliphatic heterocycles. The van der Waals surface area contributed by atoms with E-state index in [9.17, 15) is 13.6 Å². The Labute approximate surface area is 105 Å². The van der Waals surface area contributed by atoms with Crippen molar-refractivity contribution in [2.45, 2.75) is 12.8 Å². The summed E-state index contributed by atoms with van der Waals surface area (Å²) in [7, 11) is 0. The van der Waals surface area contributed by atoms with Crippen LogP contribution in [0.25, 0.3) is 0 Å². The molecule has 0 aromatic heterocycles. The second-order valence-corrected chi connectivity index (χ2v) is 4.48. The number of hydrogen-bond donors (Lipinski definition) is 1. The van der Waals surface area contributed by atoms with Gasteiger partial charge in [-0.15, -0.1) is 0 Å². The van der Waals surface area contributed by atoms with Crippen LogP contribution in [-0.2, 0) is 10.7 Å². The number of alkyl halides is 2. The highest BCUT2D eigenvalue weighted by molar-refractivity contribution is 5.85. The average molecular weight is 254 g/mol. The Morgan fingerprint density at radius 3 is 2.33 bits per heavy atom. The van der Waals surface area contributed by atoms with Gasteiger partial charge in [-0.1, -0.05) is 29.8 Å². The molecule has 1 aliphatic rings. The first-order chi connectivity index (χ1) is 8.51. The molecule has 1 aromatic rings. The van der Waals surface area contributed by atoms with Gasteiger partial charge < -0.3 is 10.2 Å². The summed E-state index contributed by atoms with van der Waals surface area (Å²) in [5, 5.41) is 3.03. The molecule has 1 amide bonds. The third-order valence-corrected chi connectivity index (χ3v) is 3.09. The molecule has 18 heavy (non-hydrogen) atoms. The lowest BCUT2D eigenvalue weighted by atomic mass is 10.1. The van der Waals surface area contributed by atoms with Gasteiger partial charge in [0.05, 0.1) is 0 Å². The van der Waals surface area contributed by atoms with E-state index in [0.29, 0.717) is 26.2 Å². The van der Waals surface area contributed by atoms with Gasteiger partial charge in [0, 0.05) is 31.7 Å². The first-order valence-corrected chi connectivity index (χ1v) is 5.97. The molecule has 2 rings (SSSR count). The minimum atomic E-state index is -3.44. The standard InChI is InChI=1S/C13H16F2N2O/c1-10-2-4-11(5-3-10)13(14,15)12(18)17-8-6-16-7-9-17/h2-5,16H,6-9H2,1H3. The summed E-state index contributed by atoms with van der Waals surface area (Å²) in [6.45, 7) is 3.62. The molecule has 0 aliphatic carbocycles. The van der Waals surface area contributed by atoms with E-state index in [2.05, 4.69) is 5.32 Å². The van der Waals surface area contributed by atoms with Crippen molar-refractivity contribution >= 4 is 5.91 Å². The van der Waals surface area contributed by atoms with Crippen molar-refractivity contribution in [1.29, 1.82) is 0 Å². The minimum Gasteiger partial charge on any atom is -0.335 e. The molecular formula is C13H16F2N2O. The maximum atomic E-state index is 14.1. The van der Waals surface area contributed by atoms with Gasteiger partial charge in [0.25, 0.3) is 5.91 Å². The van der Waals surface area contributed by atoms with E-state index in [-0.39, 0.29) is 5.56 Å². The number of rotatable bonds is 2. The van der Waals surface area contributed by atoms with Gasteiger partial charge in [0.15, 0.2) is 0 Å². The van der Waals surface area contributed by atoms with Gasteiger partial charge in [-0.2, -0.15) is 8.78 Å². The number of aryl methyl sites for hydroxylation is 1. The van der Waals surface area contributed by atoms with Crippen LogP contribution in [0.2, 0.25) is 0 Å². The fourth-order valence-electron chi connectivity index (χ4n) is 1.95. The van der Waals surface area contributed by atoms with E-state index in [1.54, 1.807) is 12.1 Å². The number of benzene rings is 1. The summed E-state index contributed by atoms with van der Waals surface area (Å²) < 4.78 is 28.1. The van der Waals surface area contributed by atoms with Crippen LogP contribution in [0.5, 0.6) is 0 Å². The molecule has 1 saturated heterocycles. The van der Waals surface area contributed by atoms with Gasteiger partial charge >= 0.3 is 5.92 Å². The largest absolute Gasteiger partial charge is 0.349 e. The van der Waals surface area contributed by atoms with Gasteiger partial charge in [0.1, 0.15) is 0 Å². The van der Waals surface area contributed by atoms with Crippen molar-refractivity contribution in [3.63, 3.8) is 0 Å². The van der Waals surface area contributed by atoms with Crippen molar-refractivity contribution < 1.29 is 13.6 Å². The molecule has 0 unspecified atom stereocenters. The van der Waals surface area contributed by atoms with Crippen LogP contribution in [0.1, 0.15) is 11.1 Å². The molecule has 1 heterocycles. The third-order valence-electron chi connectivity index (χ3n) is 3.09. The zero-order chi connectivity index (χ0) is 13.2. The van der Waals surface area contributed by atoms with E-state index < -0.39 is 11.8 Å². The zero-order valence-electron chi connectivity index (χ0n) is 10.2. The Bertz CT molecular complexity index is 425. The molecule has 5 heteroatoms. The SMILES string of the molecule is Cc1ccc(C(F)(F)C(=O)N2CCNCC2)cc1. The molecule has 0 atom stereocenters. The van der Waals surface area contributed by atoms with Crippen LogP contribution in [0, 0.1) is 6.92 Å². The van der Waals surface area contributed by atoms with Crippen molar-refractivity contribution in [2.24, 2.45) is 0 Å². The highest BCUT2D eigenvalue weighted by atomic mass is 19.3. The van der Waals surface area contributed by atoms with Crippen LogP contribution in [-0.4, -0.2) is 37.0 Å². The first kappa shape index (κ1) is 13.0. The van der Waals surface area contributed by atoms with Crippen LogP contribution >= 0.6 is 0 Å². The molecule has 0 radical (unpaired) electrons. The van der Waals surface area contributed by atoms with Crippen molar-refractivity contribution in [3.05, 3.63) is 35.4 Å². The Balaban J connectivity index is 2.18. The molecule has 98 valence electrons. The van der Waals surface area contributed by atoms with E-state index in [4.69, 9.17) is 0 Å². The number of nitrogens with one attached hydrogen (secondary N) is 1. The molecule has 1 aromatic carbocycles. The summed E-state index contributed by atoms with van der Waals surface area (Å²) >= 11 is 0. The Morgan fingerprint density at radius 2 is 1.78 bits per heavy atom. The van der Waals surface area contributed by atoms with E-state index in [0.717, 1.165) is 5.56 Å². The summed E-state index contributed by atoms with van der Waals surface area (Å²) in [6, 6.07) is 5.81. The van der Waals surface area contributed by atoms with Gasteiger partial charge in [-0.25, -0.2) is 0 Å². The number of halogens is 2. The van der Waals surface area contributed by atoms with Crippen LogP contribution < -0.4 is 5.32 Å². The number of piperazine rings is 1. The smallest absolute Gasteiger partial charge is 0.335 e. The number of carbonyl (C=O) groups is 1. The fraction of sp³-hybridized carbons (Fsp3) is 0.462. The van der Waals surface area contributed by atoms with E-state index in [1.165, 1.54) is 17.0 Å². The molecule has 0 saturated carbocycles. The monoisotopic (exact) mass is 254 g/mol. The van der Waals surface area contributed by atoms with Crippen LogP contribution in [0.3, 0.4) is 0 Å². The normalized spacial score (nSPS) is 16.7. The lowest BCUT2D eigenvalue weighted by Gasteiger charge is -2.30. The second-order valence-electron chi connectivity index (χ2n) is 4.48. The highest BCUT2D eigenvalue weighted by Crippen LogP contribution is 2.30. The van der Waals surface area contributed by atoms with Crippen molar-refractivity contribution in [1.82, 2.24) is 10.2 Å². The predicted octanol–water partition coefficient (Wildman–Crippen LogP) is 1.52. The highest BCUT2D eigenvalue weighted by Gasteiger charge is 2.43. The average Bonchev–Trinajstić information content (AvgIpc) is 2.39. The molecule has 3 nitrogen and oxygen atoms in total. The summed E-state index contributed by atoms with van der Waals surface area (Å²) in [5.41, 5.74) is 0.654. The number of hydrogen-bond acceptors (Lipinski definition) is 2. The quantitative estimate of drug-likeness (QED) is 0.868. The Hall–Kier alpha value is -1.49.